The van der Waals surface area contributed by atoms with E-state index in [9.17, 15) is 5.11 Å². The van der Waals surface area contributed by atoms with Gasteiger partial charge in [0.15, 0.2) is 0 Å². The molecule has 0 amide bonds. The van der Waals surface area contributed by atoms with Gasteiger partial charge < -0.3 is 15.3 Å². The normalized spacial score (nSPS) is 13.4. The van der Waals surface area contributed by atoms with Crippen LogP contribution >= 0.6 is 11.3 Å². The Morgan fingerprint density at radius 3 is 2.87 bits per heavy atom. The largest absolute Gasteiger partial charge is 0.390 e. The van der Waals surface area contributed by atoms with Gasteiger partial charge in [-0.25, -0.2) is 4.98 Å². The molecule has 0 aliphatic carbocycles. The number of aromatic nitrogens is 1. The second kappa shape index (κ2) is 6.17. The van der Waals surface area contributed by atoms with Crippen LogP contribution in [0.4, 0.5) is 0 Å². The number of hydrogen-bond donors (Lipinski definition) is 2. The zero-order valence-electron chi connectivity index (χ0n) is 9.53. The Balaban J connectivity index is 2.16. The number of likely N-dealkylation sites (N-methyl/N-ethyl adjacent to an activating group) is 1. The molecule has 1 unspecified atom stereocenters. The van der Waals surface area contributed by atoms with Crippen molar-refractivity contribution < 1.29 is 5.11 Å². The Bertz CT molecular complexity index is 288. The number of nitrogens with one attached hydrogen (secondary N) is 1. The highest BCUT2D eigenvalue weighted by Gasteiger charge is 2.05. The van der Waals surface area contributed by atoms with Gasteiger partial charge in [0.1, 0.15) is 0 Å². The number of nitrogens with zero attached hydrogens (tertiary/aromatic N) is 2. The van der Waals surface area contributed by atoms with Gasteiger partial charge in [-0.2, -0.15) is 0 Å². The molecule has 4 nitrogen and oxygen atoms in total. The first-order valence-corrected chi connectivity index (χ1v) is 5.90. The summed E-state index contributed by atoms with van der Waals surface area (Å²) in [6.45, 7) is 4.02. The summed E-state index contributed by atoms with van der Waals surface area (Å²) in [5.41, 5.74) is 1.05. The van der Waals surface area contributed by atoms with Crippen LogP contribution in [0.15, 0.2) is 5.38 Å². The molecule has 15 heavy (non-hydrogen) atoms. The van der Waals surface area contributed by atoms with Crippen LogP contribution in [0.5, 0.6) is 0 Å². The highest BCUT2D eigenvalue weighted by Crippen LogP contribution is 2.06. The van der Waals surface area contributed by atoms with Crippen molar-refractivity contribution in [1.29, 1.82) is 0 Å². The van der Waals surface area contributed by atoms with E-state index < -0.39 is 0 Å². The molecule has 1 heterocycles. The van der Waals surface area contributed by atoms with Gasteiger partial charge in [0.25, 0.3) is 0 Å². The summed E-state index contributed by atoms with van der Waals surface area (Å²) in [6.07, 6.45) is -0.320. The Morgan fingerprint density at radius 1 is 1.60 bits per heavy atom. The van der Waals surface area contributed by atoms with Gasteiger partial charge in [0.2, 0.25) is 0 Å². The van der Waals surface area contributed by atoms with E-state index in [1.807, 2.05) is 31.3 Å². The van der Waals surface area contributed by atoms with E-state index in [0.29, 0.717) is 13.1 Å². The van der Waals surface area contributed by atoms with Gasteiger partial charge in [-0.05, 0) is 21.0 Å². The van der Waals surface area contributed by atoms with E-state index in [1.54, 1.807) is 11.3 Å². The van der Waals surface area contributed by atoms with Crippen LogP contribution in [0.2, 0.25) is 0 Å². The van der Waals surface area contributed by atoms with Crippen molar-refractivity contribution in [2.24, 2.45) is 0 Å². The summed E-state index contributed by atoms with van der Waals surface area (Å²) in [4.78, 5) is 6.30. The van der Waals surface area contributed by atoms with Crippen LogP contribution in [0.1, 0.15) is 10.7 Å². The summed E-state index contributed by atoms with van der Waals surface area (Å²) in [6, 6.07) is 0. The van der Waals surface area contributed by atoms with Crippen LogP contribution in [0.25, 0.3) is 0 Å². The first-order valence-electron chi connectivity index (χ1n) is 5.02. The number of aliphatic hydroxyl groups is 1. The van der Waals surface area contributed by atoms with E-state index in [4.69, 9.17) is 0 Å². The van der Waals surface area contributed by atoms with Crippen molar-refractivity contribution >= 4 is 11.3 Å². The van der Waals surface area contributed by atoms with E-state index in [0.717, 1.165) is 17.2 Å². The van der Waals surface area contributed by atoms with Gasteiger partial charge in [-0.15, -0.1) is 11.3 Å². The quantitative estimate of drug-likeness (QED) is 0.744. The minimum absolute atomic E-state index is 0.320. The molecular weight excluding hydrogens is 210 g/mol. The molecule has 2 N–H and O–H groups in total. The van der Waals surface area contributed by atoms with Crippen LogP contribution in [0.3, 0.4) is 0 Å². The number of aryl methyl sites for hydroxylation is 1. The zero-order valence-corrected chi connectivity index (χ0v) is 10.3. The molecule has 0 spiro atoms. The van der Waals surface area contributed by atoms with Gasteiger partial charge in [-0.1, -0.05) is 0 Å². The molecule has 1 rings (SSSR count). The van der Waals surface area contributed by atoms with Crippen LogP contribution in [0, 0.1) is 6.92 Å². The molecule has 0 saturated carbocycles. The molecule has 0 saturated heterocycles. The maximum atomic E-state index is 9.58. The summed E-state index contributed by atoms with van der Waals surface area (Å²) >= 11 is 1.65. The molecule has 0 aliphatic rings. The standard InChI is InChI=1S/C10H19N3OS/c1-8-12-9(7-15-8)4-11-5-10(14)6-13(2)3/h7,10-11,14H,4-6H2,1-3H3. The topological polar surface area (TPSA) is 48.4 Å². The van der Waals surface area contributed by atoms with E-state index in [-0.39, 0.29) is 6.10 Å². The van der Waals surface area contributed by atoms with Crippen molar-refractivity contribution in [1.82, 2.24) is 15.2 Å². The lowest BCUT2D eigenvalue weighted by Crippen LogP contribution is -2.34. The van der Waals surface area contributed by atoms with Crippen LogP contribution in [-0.4, -0.2) is 48.3 Å². The first-order chi connectivity index (χ1) is 7.08. The van der Waals surface area contributed by atoms with Crippen molar-refractivity contribution in [3.63, 3.8) is 0 Å². The van der Waals surface area contributed by atoms with Crippen LogP contribution in [-0.2, 0) is 6.54 Å². The summed E-state index contributed by atoms with van der Waals surface area (Å²) in [5, 5.41) is 15.9. The maximum Gasteiger partial charge on any atom is 0.0897 e. The van der Waals surface area contributed by atoms with Gasteiger partial charge in [0, 0.05) is 25.0 Å². The minimum atomic E-state index is -0.320. The van der Waals surface area contributed by atoms with Gasteiger partial charge in [-0.3, -0.25) is 0 Å². The highest BCUT2D eigenvalue weighted by molar-refractivity contribution is 7.09. The third-order valence-corrected chi connectivity index (χ3v) is 2.75. The lowest BCUT2D eigenvalue weighted by atomic mass is 10.3. The Morgan fingerprint density at radius 2 is 2.33 bits per heavy atom. The van der Waals surface area contributed by atoms with Crippen molar-refractivity contribution in [2.75, 3.05) is 27.2 Å². The minimum Gasteiger partial charge on any atom is -0.390 e. The van der Waals surface area contributed by atoms with Gasteiger partial charge in [0.05, 0.1) is 16.8 Å². The number of aliphatic hydroxyl groups excluding tert-OH is 1. The SMILES string of the molecule is Cc1nc(CNCC(O)CN(C)C)cs1. The fraction of sp³-hybridized carbons (Fsp3) is 0.700. The molecule has 0 radical (unpaired) electrons. The summed E-state index contributed by atoms with van der Waals surface area (Å²) in [5.74, 6) is 0. The van der Waals surface area contributed by atoms with E-state index in [1.165, 1.54) is 0 Å². The molecule has 0 bridgehead atoms. The fourth-order valence-corrected chi connectivity index (χ4v) is 1.95. The second-order valence-electron chi connectivity index (χ2n) is 3.90. The number of rotatable bonds is 6. The maximum absolute atomic E-state index is 9.58. The number of hydrogen-bond acceptors (Lipinski definition) is 5. The molecule has 0 aromatic carbocycles. The highest BCUT2D eigenvalue weighted by atomic mass is 32.1. The average Bonchev–Trinajstić information content (AvgIpc) is 2.50. The van der Waals surface area contributed by atoms with E-state index >= 15 is 0 Å². The molecule has 86 valence electrons. The van der Waals surface area contributed by atoms with Crippen LogP contribution < -0.4 is 5.32 Å². The van der Waals surface area contributed by atoms with Crippen molar-refractivity contribution in [3.05, 3.63) is 16.1 Å². The molecule has 0 fully saturated rings. The second-order valence-corrected chi connectivity index (χ2v) is 4.97. The molecular formula is C10H19N3OS. The zero-order chi connectivity index (χ0) is 11.3. The third-order valence-electron chi connectivity index (χ3n) is 1.93. The first kappa shape index (κ1) is 12.6. The van der Waals surface area contributed by atoms with Crippen molar-refractivity contribution in [3.8, 4) is 0 Å². The fourth-order valence-electron chi connectivity index (χ4n) is 1.34. The monoisotopic (exact) mass is 229 g/mol. The molecule has 1 aromatic rings. The third kappa shape index (κ3) is 5.22. The van der Waals surface area contributed by atoms with Crippen molar-refractivity contribution in [2.45, 2.75) is 19.6 Å². The summed E-state index contributed by atoms with van der Waals surface area (Å²) < 4.78 is 0. The lowest BCUT2D eigenvalue weighted by molar-refractivity contribution is 0.134. The molecule has 1 aromatic heterocycles. The Labute approximate surface area is 94.9 Å². The smallest absolute Gasteiger partial charge is 0.0897 e. The average molecular weight is 229 g/mol. The summed E-state index contributed by atoms with van der Waals surface area (Å²) in [7, 11) is 3.90. The predicted molar refractivity (Wildman–Crippen MR) is 63.1 cm³/mol. The Hall–Kier alpha value is -0.490. The molecule has 5 heteroatoms. The number of thiazole rings is 1. The lowest BCUT2D eigenvalue weighted by Gasteiger charge is -2.15. The molecule has 1 atom stereocenters. The van der Waals surface area contributed by atoms with E-state index in [2.05, 4.69) is 10.3 Å². The predicted octanol–water partition coefficient (Wildman–Crippen LogP) is 0.464. The molecule has 0 aliphatic heterocycles. The Kier molecular flexibility index (Phi) is 5.17. The van der Waals surface area contributed by atoms with Gasteiger partial charge >= 0.3 is 0 Å².